The highest BCUT2D eigenvalue weighted by molar-refractivity contribution is 5.93. The average molecular weight is 304 g/mol. The molecule has 0 saturated carbocycles. The summed E-state index contributed by atoms with van der Waals surface area (Å²) in [5, 5.41) is 5.85. The fraction of sp³-hybridized carbons (Fsp3) is 0.529. The van der Waals surface area contributed by atoms with Gasteiger partial charge in [-0.1, -0.05) is 45.2 Å². The quantitative estimate of drug-likeness (QED) is 0.373. The molecule has 0 bridgehead atoms. The highest BCUT2D eigenvalue weighted by Gasteiger charge is 2.02. The molecule has 4 N–H and O–H groups in total. The smallest absolute Gasteiger partial charge is 0.246 e. The van der Waals surface area contributed by atoms with Crippen LogP contribution in [0.5, 0.6) is 0 Å². The van der Waals surface area contributed by atoms with E-state index in [0.29, 0.717) is 5.96 Å². The standard InChI is InChI=1S/C17H28N4O/c1-3-5-6-7-11-19-17(18)20-13-16(22)21-15-10-8-9-14(4-2)12-15/h8-10,12H,3-7,11,13H2,1-2H3,(H,21,22)(H3,18,19,20). The number of anilines is 1. The van der Waals surface area contributed by atoms with Crippen molar-refractivity contribution in [2.45, 2.75) is 46.0 Å². The molecule has 0 radical (unpaired) electrons. The van der Waals surface area contributed by atoms with Crippen LogP contribution >= 0.6 is 0 Å². The summed E-state index contributed by atoms with van der Waals surface area (Å²) in [6.45, 7) is 5.09. The number of carbonyl (C=O) groups is 1. The molecule has 0 aromatic heterocycles. The van der Waals surface area contributed by atoms with E-state index in [1.165, 1.54) is 24.8 Å². The first-order chi connectivity index (χ1) is 10.7. The first-order valence-electron chi connectivity index (χ1n) is 8.08. The minimum atomic E-state index is -0.163. The maximum atomic E-state index is 11.8. The molecule has 22 heavy (non-hydrogen) atoms. The Morgan fingerprint density at radius 2 is 2.05 bits per heavy atom. The Morgan fingerprint density at radius 3 is 2.77 bits per heavy atom. The van der Waals surface area contributed by atoms with E-state index in [1.807, 2.05) is 24.3 Å². The van der Waals surface area contributed by atoms with Gasteiger partial charge in [0.15, 0.2) is 5.96 Å². The van der Waals surface area contributed by atoms with Crippen molar-refractivity contribution < 1.29 is 4.79 Å². The lowest BCUT2D eigenvalue weighted by Gasteiger charge is -2.07. The maximum absolute atomic E-state index is 11.8. The summed E-state index contributed by atoms with van der Waals surface area (Å²) in [6, 6.07) is 7.81. The number of guanidine groups is 1. The van der Waals surface area contributed by atoms with Crippen LogP contribution in [0, 0.1) is 0 Å². The van der Waals surface area contributed by atoms with E-state index >= 15 is 0 Å². The molecule has 1 amide bonds. The fourth-order valence-electron chi connectivity index (χ4n) is 2.05. The number of unbranched alkanes of at least 4 members (excludes halogenated alkanes) is 3. The summed E-state index contributed by atoms with van der Waals surface area (Å²) in [6.07, 6.45) is 5.64. The molecule has 0 saturated heterocycles. The van der Waals surface area contributed by atoms with Crippen LogP contribution in [0.1, 0.15) is 45.1 Å². The van der Waals surface area contributed by atoms with Crippen LogP contribution in [-0.4, -0.2) is 25.0 Å². The van der Waals surface area contributed by atoms with Crippen LogP contribution in [0.3, 0.4) is 0 Å². The number of aliphatic imine (C=N–C) groups is 1. The Kier molecular flexibility index (Phi) is 8.72. The molecule has 0 fully saturated rings. The van der Waals surface area contributed by atoms with E-state index in [0.717, 1.165) is 25.1 Å². The number of carbonyl (C=O) groups excluding carboxylic acids is 1. The summed E-state index contributed by atoms with van der Waals surface area (Å²) in [5.74, 6) is 0.165. The highest BCUT2D eigenvalue weighted by atomic mass is 16.1. The predicted molar refractivity (Wildman–Crippen MR) is 93.1 cm³/mol. The van der Waals surface area contributed by atoms with Gasteiger partial charge in [0.1, 0.15) is 6.54 Å². The van der Waals surface area contributed by atoms with Crippen LogP contribution in [0.4, 0.5) is 5.69 Å². The van der Waals surface area contributed by atoms with Crippen molar-refractivity contribution in [1.29, 1.82) is 0 Å². The number of nitrogens with two attached hydrogens (primary N) is 1. The van der Waals surface area contributed by atoms with E-state index in [4.69, 9.17) is 5.73 Å². The number of aryl methyl sites for hydroxylation is 1. The Hall–Kier alpha value is -2.04. The summed E-state index contributed by atoms with van der Waals surface area (Å²) < 4.78 is 0. The van der Waals surface area contributed by atoms with Crippen molar-refractivity contribution in [2.24, 2.45) is 10.7 Å². The molecule has 0 spiro atoms. The third-order valence-electron chi connectivity index (χ3n) is 3.35. The first kappa shape index (κ1) is 18.0. The van der Waals surface area contributed by atoms with Gasteiger partial charge in [0.2, 0.25) is 5.91 Å². The maximum Gasteiger partial charge on any atom is 0.246 e. The average Bonchev–Trinajstić information content (AvgIpc) is 2.53. The molecule has 1 aromatic rings. The molecular formula is C17H28N4O. The summed E-state index contributed by atoms with van der Waals surface area (Å²) in [7, 11) is 0. The first-order valence-corrected chi connectivity index (χ1v) is 8.08. The molecule has 0 aliphatic carbocycles. The van der Waals surface area contributed by atoms with E-state index in [9.17, 15) is 4.79 Å². The van der Waals surface area contributed by atoms with Crippen LogP contribution in [-0.2, 0) is 11.2 Å². The van der Waals surface area contributed by atoms with Gasteiger partial charge in [0.05, 0.1) is 0 Å². The van der Waals surface area contributed by atoms with Crippen LogP contribution in [0.2, 0.25) is 0 Å². The van der Waals surface area contributed by atoms with Gasteiger partial charge in [-0.3, -0.25) is 4.79 Å². The molecule has 5 nitrogen and oxygen atoms in total. The number of hydrogen-bond acceptors (Lipinski definition) is 2. The zero-order valence-corrected chi connectivity index (χ0v) is 13.7. The summed E-state index contributed by atoms with van der Waals surface area (Å²) >= 11 is 0. The largest absolute Gasteiger partial charge is 0.370 e. The van der Waals surface area contributed by atoms with Gasteiger partial charge in [-0.25, -0.2) is 4.99 Å². The monoisotopic (exact) mass is 304 g/mol. The minimum absolute atomic E-state index is 0.0319. The second kappa shape index (κ2) is 10.7. The molecule has 1 rings (SSSR count). The van der Waals surface area contributed by atoms with Gasteiger partial charge in [-0.2, -0.15) is 0 Å². The number of hydrogen-bond donors (Lipinski definition) is 3. The minimum Gasteiger partial charge on any atom is -0.370 e. The Bertz CT molecular complexity index is 485. The van der Waals surface area contributed by atoms with Gasteiger partial charge in [0.25, 0.3) is 0 Å². The predicted octanol–water partition coefficient (Wildman–Crippen LogP) is 2.67. The van der Waals surface area contributed by atoms with E-state index in [1.54, 1.807) is 0 Å². The van der Waals surface area contributed by atoms with Crippen LogP contribution in [0.25, 0.3) is 0 Å². The number of amides is 1. The third kappa shape index (κ3) is 7.67. The van der Waals surface area contributed by atoms with Crippen LogP contribution < -0.4 is 16.4 Å². The molecule has 0 atom stereocenters. The van der Waals surface area contributed by atoms with Crippen molar-refractivity contribution >= 4 is 17.6 Å². The van der Waals surface area contributed by atoms with Gasteiger partial charge in [0, 0.05) is 12.2 Å². The lowest BCUT2D eigenvalue weighted by molar-refractivity contribution is -0.114. The Labute approximate surface area is 133 Å². The number of nitrogens with zero attached hydrogens (tertiary/aromatic N) is 1. The number of nitrogens with one attached hydrogen (secondary N) is 2. The Balaban J connectivity index is 2.30. The normalized spacial score (nSPS) is 11.3. The number of rotatable bonds is 9. The van der Waals surface area contributed by atoms with E-state index in [-0.39, 0.29) is 12.5 Å². The van der Waals surface area contributed by atoms with Crippen molar-refractivity contribution in [2.75, 3.05) is 18.4 Å². The van der Waals surface area contributed by atoms with E-state index < -0.39 is 0 Å². The SMILES string of the molecule is CCCCCCNC(N)=NCC(=O)Nc1cccc(CC)c1. The van der Waals surface area contributed by atoms with Crippen LogP contribution in [0.15, 0.2) is 29.3 Å². The zero-order chi connectivity index (χ0) is 16.2. The molecule has 122 valence electrons. The molecule has 0 aliphatic rings. The van der Waals surface area contributed by atoms with Crippen molar-refractivity contribution in [3.05, 3.63) is 29.8 Å². The summed E-state index contributed by atoms with van der Waals surface area (Å²) in [5.41, 5.74) is 7.72. The third-order valence-corrected chi connectivity index (χ3v) is 3.35. The van der Waals surface area contributed by atoms with Gasteiger partial charge < -0.3 is 16.4 Å². The highest BCUT2D eigenvalue weighted by Crippen LogP contribution is 2.10. The molecule has 0 unspecified atom stereocenters. The second-order valence-corrected chi connectivity index (χ2v) is 5.29. The van der Waals surface area contributed by atoms with Gasteiger partial charge in [-0.15, -0.1) is 0 Å². The van der Waals surface area contributed by atoms with Gasteiger partial charge in [-0.05, 0) is 30.5 Å². The van der Waals surface area contributed by atoms with E-state index in [2.05, 4.69) is 29.5 Å². The van der Waals surface area contributed by atoms with Crippen molar-refractivity contribution in [3.8, 4) is 0 Å². The topological polar surface area (TPSA) is 79.5 Å². The summed E-state index contributed by atoms with van der Waals surface area (Å²) in [4.78, 5) is 15.9. The van der Waals surface area contributed by atoms with Gasteiger partial charge >= 0.3 is 0 Å². The molecule has 5 heteroatoms. The van der Waals surface area contributed by atoms with Crippen molar-refractivity contribution in [3.63, 3.8) is 0 Å². The molecule has 0 heterocycles. The molecule has 1 aromatic carbocycles. The Morgan fingerprint density at radius 1 is 1.23 bits per heavy atom. The number of benzene rings is 1. The zero-order valence-electron chi connectivity index (χ0n) is 13.7. The lowest BCUT2D eigenvalue weighted by atomic mass is 10.1. The fourth-order valence-corrected chi connectivity index (χ4v) is 2.05. The second-order valence-electron chi connectivity index (χ2n) is 5.29. The lowest BCUT2D eigenvalue weighted by Crippen LogP contribution is -2.33. The molecule has 0 aliphatic heterocycles. The van der Waals surface area contributed by atoms with Crippen molar-refractivity contribution in [1.82, 2.24) is 5.32 Å². The molecular weight excluding hydrogens is 276 g/mol.